The lowest BCUT2D eigenvalue weighted by molar-refractivity contribution is 0.100. The molecule has 0 aliphatic carbocycles. The predicted octanol–water partition coefficient (Wildman–Crippen LogP) is 1.74. The van der Waals surface area contributed by atoms with Crippen molar-refractivity contribution >= 4 is 33.2 Å². The second-order valence-electron chi connectivity index (χ2n) is 5.54. The molecule has 0 saturated heterocycles. The van der Waals surface area contributed by atoms with Crippen LogP contribution in [-0.2, 0) is 10.0 Å². The molecule has 8 heteroatoms. The van der Waals surface area contributed by atoms with E-state index in [1.807, 2.05) is 0 Å². The van der Waals surface area contributed by atoms with Crippen molar-refractivity contribution in [2.24, 2.45) is 5.73 Å². The molecule has 132 valence electrons. The maximum Gasteiger partial charge on any atom is 0.256 e. The van der Waals surface area contributed by atoms with E-state index in [1.54, 1.807) is 43.3 Å². The maximum atomic E-state index is 12.6. The monoisotopic (exact) mass is 361 g/mol. The minimum absolute atomic E-state index is 0.193. The quantitative estimate of drug-likeness (QED) is 0.845. The first kappa shape index (κ1) is 18.5. The molecule has 2 aromatic rings. The van der Waals surface area contributed by atoms with Gasteiger partial charge in [-0.25, -0.2) is 8.42 Å². The summed E-state index contributed by atoms with van der Waals surface area (Å²) in [6.07, 6.45) is 1.09. The van der Waals surface area contributed by atoms with Gasteiger partial charge in [-0.1, -0.05) is 18.2 Å². The Morgan fingerprint density at radius 2 is 1.64 bits per heavy atom. The summed E-state index contributed by atoms with van der Waals surface area (Å²) in [7, 11) is -2.04. The van der Waals surface area contributed by atoms with Gasteiger partial charge in [0.1, 0.15) is 0 Å². The average Bonchev–Trinajstić information content (AvgIpc) is 2.53. The topological polar surface area (TPSA) is 110 Å². The van der Waals surface area contributed by atoms with Crippen molar-refractivity contribution < 1.29 is 18.0 Å². The van der Waals surface area contributed by atoms with Gasteiger partial charge in [0, 0.05) is 12.6 Å². The van der Waals surface area contributed by atoms with Crippen molar-refractivity contribution in [2.75, 3.05) is 22.9 Å². The second kappa shape index (κ2) is 6.94. The van der Waals surface area contributed by atoms with Crippen molar-refractivity contribution in [1.29, 1.82) is 0 Å². The van der Waals surface area contributed by atoms with E-state index in [0.29, 0.717) is 22.5 Å². The van der Waals surface area contributed by atoms with Crippen molar-refractivity contribution in [2.45, 2.75) is 6.92 Å². The number of rotatable bonds is 5. The first-order chi connectivity index (χ1) is 11.6. The van der Waals surface area contributed by atoms with Crippen LogP contribution in [0.25, 0.3) is 0 Å². The molecule has 0 spiro atoms. The summed E-state index contributed by atoms with van der Waals surface area (Å²) < 4.78 is 24.6. The van der Waals surface area contributed by atoms with E-state index in [9.17, 15) is 18.0 Å². The third kappa shape index (κ3) is 3.97. The van der Waals surface area contributed by atoms with Crippen LogP contribution < -0.4 is 15.4 Å². The number of primary amides is 1. The molecule has 0 aromatic heterocycles. The number of amides is 2. The van der Waals surface area contributed by atoms with Gasteiger partial charge in [0.15, 0.2) is 0 Å². The molecule has 2 aromatic carbocycles. The number of carbonyl (C=O) groups is 2. The summed E-state index contributed by atoms with van der Waals surface area (Å²) in [6, 6.07) is 11.2. The number of hydrogen-bond donors (Lipinski definition) is 2. The zero-order valence-corrected chi connectivity index (χ0v) is 14.9. The molecular formula is C17H19N3O4S. The molecule has 7 nitrogen and oxygen atoms in total. The van der Waals surface area contributed by atoms with Crippen molar-refractivity contribution in [1.82, 2.24) is 0 Å². The van der Waals surface area contributed by atoms with Crippen LogP contribution in [0.1, 0.15) is 26.3 Å². The fourth-order valence-electron chi connectivity index (χ4n) is 2.39. The molecule has 2 rings (SSSR count). The highest BCUT2D eigenvalue weighted by atomic mass is 32.2. The van der Waals surface area contributed by atoms with E-state index in [4.69, 9.17) is 5.73 Å². The van der Waals surface area contributed by atoms with Crippen LogP contribution in [0, 0.1) is 6.92 Å². The molecule has 25 heavy (non-hydrogen) atoms. The molecule has 3 N–H and O–H groups in total. The number of nitrogens with two attached hydrogens (primary N) is 1. The summed E-state index contributed by atoms with van der Waals surface area (Å²) in [5, 5.41) is 2.65. The first-order valence-corrected chi connectivity index (χ1v) is 9.21. The number of carbonyl (C=O) groups excluding carboxylic acids is 2. The number of benzene rings is 2. The van der Waals surface area contributed by atoms with Gasteiger partial charge in [-0.05, 0) is 36.8 Å². The van der Waals surface area contributed by atoms with E-state index in [0.717, 1.165) is 10.6 Å². The third-order valence-electron chi connectivity index (χ3n) is 3.83. The van der Waals surface area contributed by atoms with Crippen molar-refractivity contribution in [3.63, 3.8) is 0 Å². The van der Waals surface area contributed by atoms with Gasteiger partial charge in [0.2, 0.25) is 10.0 Å². The SMILES string of the molecule is Cc1c(C(=O)Nc2ccccc2C(N)=O)cccc1N(C)S(C)(=O)=O. The lowest BCUT2D eigenvalue weighted by atomic mass is 10.1. The Hall–Kier alpha value is -2.87. The lowest BCUT2D eigenvalue weighted by Gasteiger charge is -2.20. The minimum Gasteiger partial charge on any atom is -0.366 e. The number of nitrogens with zero attached hydrogens (tertiary/aromatic N) is 1. The van der Waals surface area contributed by atoms with Gasteiger partial charge in [0.25, 0.3) is 11.8 Å². The molecule has 0 unspecified atom stereocenters. The van der Waals surface area contributed by atoms with E-state index >= 15 is 0 Å². The average molecular weight is 361 g/mol. The normalized spacial score (nSPS) is 11.0. The summed E-state index contributed by atoms with van der Waals surface area (Å²) in [5.74, 6) is -1.12. The number of para-hydroxylation sites is 1. The highest BCUT2D eigenvalue weighted by Gasteiger charge is 2.19. The van der Waals surface area contributed by atoms with Gasteiger partial charge in [-0.3, -0.25) is 13.9 Å². The Kier molecular flexibility index (Phi) is 5.13. The van der Waals surface area contributed by atoms with Crippen LogP contribution in [-0.4, -0.2) is 33.5 Å². The maximum absolute atomic E-state index is 12.6. The van der Waals surface area contributed by atoms with Crippen molar-refractivity contribution in [3.8, 4) is 0 Å². The summed E-state index contributed by atoms with van der Waals surface area (Å²) in [6.45, 7) is 1.66. The fraction of sp³-hybridized carbons (Fsp3) is 0.176. The van der Waals surface area contributed by atoms with Crippen LogP contribution in [0.5, 0.6) is 0 Å². The number of hydrogen-bond acceptors (Lipinski definition) is 4. The Bertz CT molecular complexity index is 939. The van der Waals surface area contributed by atoms with Crippen LogP contribution in [0.2, 0.25) is 0 Å². The molecule has 0 heterocycles. The van der Waals surface area contributed by atoms with Crippen LogP contribution in [0.3, 0.4) is 0 Å². The largest absolute Gasteiger partial charge is 0.366 e. The molecule has 2 amide bonds. The number of nitrogens with one attached hydrogen (secondary N) is 1. The van der Waals surface area contributed by atoms with Crippen LogP contribution in [0.4, 0.5) is 11.4 Å². The molecule has 0 aliphatic heterocycles. The Morgan fingerprint density at radius 3 is 2.24 bits per heavy atom. The zero-order chi connectivity index (χ0) is 18.8. The van der Waals surface area contributed by atoms with Crippen LogP contribution in [0.15, 0.2) is 42.5 Å². The molecule has 0 radical (unpaired) electrons. The smallest absolute Gasteiger partial charge is 0.256 e. The summed E-state index contributed by atoms with van der Waals surface area (Å²) in [5.41, 5.74) is 7.00. The highest BCUT2D eigenvalue weighted by Crippen LogP contribution is 2.25. The standard InChI is InChI=1S/C17H19N3O4S/c1-11-12(8-6-10-15(11)20(2)25(3,23)24)17(22)19-14-9-5-4-7-13(14)16(18)21/h4-10H,1-3H3,(H2,18,21)(H,19,22). The lowest BCUT2D eigenvalue weighted by Crippen LogP contribution is -2.26. The van der Waals surface area contributed by atoms with Crippen LogP contribution >= 0.6 is 0 Å². The fourth-order valence-corrected chi connectivity index (χ4v) is 2.94. The summed E-state index contributed by atoms with van der Waals surface area (Å²) >= 11 is 0. The minimum atomic E-state index is -3.46. The third-order valence-corrected chi connectivity index (χ3v) is 5.02. The molecular weight excluding hydrogens is 342 g/mol. The zero-order valence-electron chi connectivity index (χ0n) is 14.1. The Labute approximate surface area is 146 Å². The second-order valence-corrected chi connectivity index (χ2v) is 7.56. The predicted molar refractivity (Wildman–Crippen MR) is 97.3 cm³/mol. The molecule has 0 aliphatic rings. The Balaban J connectivity index is 2.40. The molecule has 0 fully saturated rings. The van der Waals surface area contributed by atoms with Gasteiger partial charge >= 0.3 is 0 Å². The molecule has 0 saturated carbocycles. The van der Waals surface area contributed by atoms with Gasteiger partial charge in [-0.15, -0.1) is 0 Å². The molecule has 0 bridgehead atoms. The summed E-state index contributed by atoms with van der Waals surface area (Å²) in [4.78, 5) is 24.1. The highest BCUT2D eigenvalue weighted by molar-refractivity contribution is 7.92. The van der Waals surface area contributed by atoms with Gasteiger partial charge in [0.05, 0.1) is 23.2 Å². The first-order valence-electron chi connectivity index (χ1n) is 7.36. The van der Waals surface area contributed by atoms with E-state index in [2.05, 4.69) is 5.32 Å². The molecule has 0 atom stereocenters. The van der Waals surface area contributed by atoms with E-state index < -0.39 is 21.8 Å². The Morgan fingerprint density at radius 1 is 1.04 bits per heavy atom. The van der Waals surface area contributed by atoms with Crippen molar-refractivity contribution in [3.05, 3.63) is 59.2 Å². The number of sulfonamides is 1. The number of anilines is 2. The van der Waals surface area contributed by atoms with E-state index in [-0.39, 0.29) is 5.56 Å². The van der Waals surface area contributed by atoms with E-state index in [1.165, 1.54) is 13.1 Å². The van der Waals surface area contributed by atoms with Gasteiger partial charge < -0.3 is 11.1 Å². The van der Waals surface area contributed by atoms with Gasteiger partial charge in [-0.2, -0.15) is 0 Å².